The van der Waals surface area contributed by atoms with Crippen molar-refractivity contribution in [1.29, 1.82) is 0 Å². The Labute approximate surface area is 143 Å². The van der Waals surface area contributed by atoms with Crippen LogP contribution < -0.4 is 10.1 Å². The van der Waals surface area contributed by atoms with Gasteiger partial charge in [0.1, 0.15) is 5.75 Å². The largest absolute Gasteiger partial charge is 0.497 e. The number of ether oxygens (including phenoxy) is 1. The van der Waals surface area contributed by atoms with E-state index in [2.05, 4.69) is 31.5 Å². The van der Waals surface area contributed by atoms with E-state index in [9.17, 15) is 4.79 Å². The number of thioether (sulfide) groups is 1. The number of nitrogens with one attached hydrogen (secondary N) is 1. The van der Waals surface area contributed by atoms with Crippen LogP contribution in [0.5, 0.6) is 5.75 Å². The molecule has 1 saturated heterocycles. The van der Waals surface area contributed by atoms with E-state index in [1.807, 2.05) is 23.9 Å². The Kier molecular flexibility index (Phi) is 4.87. The third kappa shape index (κ3) is 4.21. The second-order valence-electron chi connectivity index (χ2n) is 7.28. The minimum Gasteiger partial charge on any atom is -0.497 e. The van der Waals surface area contributed by atoms with Crippen LogP contribution in [0.25, 0.3) is 0 Å². The molecule has 0 aromatic heterocycles. The Hall–Kier alpha value is -1.20. The molecule has 1 saturated carbocycles. The van der Waals surface area contributed by atoms with Crippen LogP contribution in [0.4, 0.5) is 0 Å². The van der Waals surface area contributed by atoms with Crippen LogP contribution in [0.1, 0.15) is 24.8 Å². The lowest BCUT2D eigenvalue weighted by atomic mass is 10.2. The van der Waals surface area contributed by atoms with Crippen LogP contribution in [0, 0.1) is 0 Å². The molecule has 0 bridgehead atoms. The van der Waals surface area contributed by atoms with Gasteiger partial charge in [0.2, 0.25) is 0 Å². The van der Waals surface area contributed by atoms with Crippen LogP contribution in [0.2, 0.25) is 0 Å². The van der Waals surface area contributed by atoms with Gasteiger partial charge in [0.15, 0.2) is 6.04 Å². The number of amides is 1. The molecule has 2 fully saturated rings. The van der Waals surface area contributed by atoms with Crippen molar-refractivity contribution in [2.24, 2.45) is 0 Å². The lowest BCUT2D eigenvalue weighted by molar-refractivity contribution is -0.892. The predicted octanol–water partition coefficient (Wildman–Crippen LogP) is 2.42. The summed E-state index contributed by atoms with van der Waals surface area (Å²) in [6.45, 7) is 1.06. The third-order valence-corrected chi connectivity index (χ3v) is 6.19. The van der Waals surface area contributed by atoms with Crippen molar-refractivity contribution >= 4 is 17.7 Å². The van der Waals surface area contributed by atoms with Gasteiger partial charge < -0.3 is 14.5 Å². The van der Waals surface area contributed by atoms with E-state index in [1.165, 1.54) is 5.56 Å². The van der Waals surface area contributed by atoms with E-state index in [0.717, 1.165) is 41.8 Å². The average Bonchev–Trinajstić information content (AvgIpc) is 3.28. The molecule has 3 rings (SSSR count). The zero-order valence-electron chi connectivity index (χ0n) is 14.2. The Morgan fingerprint density at radius 1 is 1.30 bits per heavy atom. The van der Waals surface area contributed by atoms with Crippen molar-refractivity contribution in [2.45, 2.75) is 42.3 Å². The predicted molar refractivity (Wildman–Crippen MR) is 94.6 cm³/mol. The van der Waals surface area contributed by atoms with Crippen LogP contribution >= 0.6 is 11.8 Å². The second-order valence-corrected chi connectivity index (χ2v) is 8.57. The molecule has 4 nitrogen and oxygen atoms in total. The van der Waals surface area contributed by atoms with Crippen molar-refractivity contribution < 1.29 is 14.0 Å². The summed E-state index contributed by atoms with van der Waals surface area (Å²) in [4.78, 5) is 12.5. The Balaban J connectivity index is 1.53. The van der Waals surface area contributed by atoms with Gasteiger partial charge in [-0.25, -0.2) is 0 Å². The number of likely N-dealkylation sites (N-methyl/N-ethyl adjacent to an activating group) is 1. The van der Waals surface area contributed by atoms with Crippen LogP contribution in [0.15, 0.2) is 24.3 Å². The fourth-order valence-electron chi connectivity index (χ4n) is 3.27. The van der Waals surface area contributed by atoms with E-state index < -0.39 is 0 Å². The van der Waals surface area contributed by atoms with E-state index >= 15 is 0 Å². The summed E-state index contributed by atoms with van der Waals surface area (Å²) >= 11 is 1.97. The third-order valence-electron chi connectivity index (χ3n) is 4.88. The summed E-state index contributed by atoms with van der Waals surface area (Å²) in [5, 5.41) is 3.72. The average molecular weight is 335 g/mol. The van der Waals surface area contributed by atoms with E-state index in [4.69, 9.17) is 4.74 Å². The maximum Gasteiger partial charge on any atom is 0.278 e. The number of quaternary nitrogens is 1. The summed E-state index contributed by atoms with van der Waals surface area (Å²) < 4.78 is 6.00. The molecule has 1 heterocycles. The second kappa shape index (κ2) is 6.73. The molecule has 1 aliphatic carbocycles. The molecule has 2 atom stereocenters. The van der Waals surface area contributed by atoms with Gasteiger partial charge in [-0.3, -0.25) is 4.79 Å². The van der Waals surface area contributed by atoms with E-state index in [-0.39, 0.29) is 11.9 Å². The van der Waals surface area contributed by atoms with Crippen LogP contribution in [0.3, 0.4) is 0 Å². The molecule has 1 aliphatic heterocycles. The van der Waals surface area contributed by atoms with Gasteiger partial charge in [-0.05, 0) is 30.5 Å². The van der Waals surface area contributed by atoms with E-state index in [0.29, 0.717) is 11.3 Å². The zero-order valence-corrected chi connectivity index (χ0v) is 15.1. The highest BCUT2D eigenvalue weighted by Gasteiger charge is 2.46. The van der Waals surface area contributed by atoms with Crippen molar-refractivity contribution in [3.05, 3.63) is 29.8 Å². The Bertz CT molecular complexity index is 555. The first-order valence-electron chi connectivity index (χ1n) is 8.35. The molecule has 0 unspecified atom stereocenters. The molecule has 126 valence electrons. The number of nitrogens with zero attached hydrogens (tertiary/aromatic N) is 1. The van der Waals surface area contributed by atoms with Gasteiger partial charge >= 0.3 is 0 Å². The van der Waals surface area contributed by atoms with E-state index in [1.54, 1.807) is 7.11 Å². The zero-order chi connectivity index (χ0) is 16.4. The number of likely N-dealkylation sites (tertiary alicyclic amines) is 1. The summed E-state index contributed by atoms with van der Waals surface area (Å²) in [6.07, 6.45) is 3.29. The topological polar surface area (TPSA) is 38.3 Å². The Morgan fingerprint density at radius 3 is 2.61 bits per heavy atom. The molecule has 0 spiro atoms. The lowest BCUT2D eigenvalue weighted by Gasteiger charge is -2.30. The molecule has 2 aliphatic rings. The van der Waals surface area contributed by atoms with Gasteiger partial charge in [-0.1, -0.05) is 12.1 Å². The highest BCUT2D eigenvalue weighted by atomic mass is 32.2. The molecular weight excluding hydrogens is 308 g/mol. The first-order chi connectivity index (χ1) is 11.0. The summed E-state index contributed by atoms with van der Waals surface area (Å²) in [6, 6.07) is 8.82. The van der Waals surface area contributed by atoms with Crippen molar-refractivity contribution in [2.75, 3.05) is 27.7 Å². The fraction of sp³-hybridized carbons (Fsp3) is 0.611. The van der Waals surface area contributed by atoms with Gasteiger partial charge in [0.25, 0.3) is 5.91 Å². The number of hydrogen-bond donors (Lipinski definition) is 1. The number of methoxy groups -OCH3 is 1. The molecule has 1 N–H and O–H groups in total. The maximum absolute atomic E-state index is 12.5. The summed E-state index contributed by atoms with van der Waals surface area (Å²) in [7, 11) is 6.06. The van der Waals surface area contributed by atoms with Gasteiger partial charge in [-0.15, -0.1) is 11.8 Å². The number of hydrogen-bond acceptors (Lipinski definition) is 3. The highest BCUT2D eigenvalue weighted by molar-refractivity contribution is 7.99. The molecule has 23 heavy (non-hydrogen) atoms. The minimum absolute atomic E-state index is 0.101. The molecule has 5 heteroatoms. The maximum atomic E-state index is 12.5. The van der Waals surface area contributed by atoms with Gasteiger partial charge in [0, 0.05) is 18.2 Å². The molecule has 1 aromatic carbocycles. The van der Waals surface area contributed by atoms with Crippen LogP contribution in [-0.4, -0.2) is 55.5 Å². The molecule has 0 radical (unpaired) electrons. The first-order valence-corrected chi connectivity index (χ1v) is 9.40. The van der Waals surface area contributed by atoms with Crippen molar-refractivity contribution in [3.8, 4) is 5.75 Å². The normalized spacial score (nSPS) is 26.0. The number of carbonyl (C=O) groups is 1. The SMILES string of the molecule is COc1ccc(CS[C@H]2C[C@@H](C(=O)NC3CC3)[N+](C)(C)C2)cc1. The number of rotatable bonds is 6. The molecule has 1 amide bonds. The van der Waals surface area contributed by atoms with Crippen LogP contribution in [-0.2, 0) is 10.5 Å². The van der Waals surface area contributed by atoms with Crippen molar-refractivity contribution in [3.63, 3.8) is 0 Å². The Morgan fingerprint density at radius 2 is 2.00 bits per heavy atom. The highest BCUT2D eigenvalue weighted by Crippen LogP contribution is 2.33. The lowest BCUT2D eigenvalue weighted by Crippen LogP contribution is -2.52. The number of carbonyl (C=O) groups excluding carboxylic acids is 1. The van der Waals surface area contributed by atoms with Crippen molar-refractivity contribution in [1.82, 2.24) is 5.32 Å². The molecule has 1 aromatic rings. The molecular formula is C18H27N2O2S+. The number of benzene rings is 1. The fourth-order valence-corrected chi connectivity index (χ4v) is 4.70. The quantitative estimate of drug-likeness (QED) is 0.812. The summed E-state index contributed by atoms with van der Waals surface area (Å²) in [5.41, 5.74) is 1.31. The standard InChI is InChI=1S/C18H26N2O2S/c1-20(2)11-16(10-17(20)18(21)19-14-6-7-14)23-12-13-4-8-15(22-3)9-5-13/h4-5,8-9,14,16-17H,6-7,10-12H2,1-3H3/p+1/t16-,17-/m0/s1. The summed E-state index contributed by atoms with van der Waals surface area (Å²) in [5.74, 6) is 2.14. The van der Waals surface area contributed by atoms with Gasteiger partial charge in [0.05, 0.1) is 33.0 Å². The monoisotopic (exact) mass is 335 g/mol. The minimum atomic E-state index is 0.101. The smallest absolute Gasteiger partial charge is 0.278 e. The first kappa shape index (κ1) is 16.7. The van der Waals surface area contributed by atoms with Gasteiger partial charge in [-0.2, -0.15) is 0 Å².